The van der Waals surface area contributed by atoms with Gasteiger partial charge >= 0.3 is 0 Å². The van der Waals surface area contributed by atoms with E-state index in [9.17, 15) is 5.11 Å². The lowest BCUT2D eigenvalue weighted by Crippen LogP contribution is -2.41. The number of ether oxygens (including phenoxy) is 2. The lowest BCUT2D eigenvalue weighted by atomic mass is 9.92. The zero-order valence-electron chi connectivity index (χ0n) is 20.4. The fraction of sp³-hybridized carbons (Fsp3) is 0.241. The van der Waals surface area contributed by atoms with Crippen molar-refractivity contribution >= 4 is 22.4 Å². The minimum absolute atomic E-state index is 0.597. The number of para-hydroxylation sites is 1. The predicted molar refractivity (Wildman–Crippen MR) is 141 cm³/mol. The number of likely N-dealkylation sites (tertiary alicyclic amines) is 1. The molecular weight excluding hydrogens is 452 g/mol. The Labute approximate surface area is 210 Å². The SMILES string of the molecule is COc1cc(Nc2ncnc3ccc(C#CC4(O)CCN(C)CC4)cc23)ccc1Oc1ccccc1. The number of aromatic nitrogens is 2. The third-order valence-corrected chi connectivity index (χ3v) is 6.29. The Kier molecular flexibility index (Phi) is 6.72. The highest BCUT2D eigenvalue weighted by Gasteiger charge is 2.28. The Morgan fingerprint density at radius 2 is 1.78 bits per heavy atom. The minimum atomic E-state index is -0.949. The predicted octanol–water partition coefficient (Wildman–Crippen LogP) is 4.98. The van der Waals surface area contributed by atoms with Crippen molar-refractivity contribution in [3.05, 3.63) is 78.6 Å². The zero-order chi connectivity index (χ0) is 25.0. The molecule has 0 spiro atoms. The molecular formula is C29H28N4O3. The molecule has 36 heavy (non-hydrogen) atoms. The van der Waals surface area contributed by atoms with Crippen molar-refractivity contribution in [1.29, 1.82) is 0 Å². The van der Waals surface area contributed by atoms with Crippen LogP contribution in [-0.2, 0) is 0 Å². The molecule has 1 aromatic heterocycles. The fourth-order valence-electron chi connectivity index (χ4n) is 4.12. The molecule has 2 N–H and O–H groups in total. The highest BCUT2D eigenvalue weighted by molar-refractivity contribution is 5.91. The summed E-state index contributed by atoms with van der Waals surface area (Å²) in [5.74, 6) is 8.86. The van der Waals surface area contributed by atoms with Crippen LogP contribution >= 0.6 is 0 Å². The first-order valence-corrected chi connectivity index (χ1v) is 11.9. The van der Waals surface area contributed by atoms with Crippen molar-refractivity contribution in [3.8, 4) is 29.1 Å². The maximum Gasteiger partial charge on any atom is 0.169 e. The van der Waals surface area contributed by atoms with Gasteiger partial charge in [-0.2, -0.15) is 0 Å². The lowest BCUT2D eigenvalue weighted by molar-refractivity contribution is 0.0350. The smallest absolute Gasteiger partial charge is 0.169 e. The van der Waals surface area contributed by atoms with Crippen molar-refractivity contribution in [1.82, 2.24) is 14.9 Å². The molecule has 0 aliphatic carbocycles. The summed E-state index contributed by atoms with van der Waals surface area (Å²) in [7, 11) is 3.67. The second-order valence-corrected chi connectivity index (χ2v) is 8.94. The van der Waals surface area contributed by atoms with Crippen LogP contribution in [0.3, 0.4) is 0 Å². The lowest BCUT2D eigenvalue weighted by Gasteiger charge is -2.32. The summed E-state index contributed by atoms with van der Waals surface area (Å²) in [5, 5.41) is 15.0. The van der Waals surface area contributed by atoms with Crippen LogP contribution in [0.1, 0.15) is 18.4 Å². The molecule has 0 saturated carbocycles. The first kappa shape index (κ1) is 23.6. The van der Waals surface area contributed by atoms with E-state index < -0.39 is 5.60 Å². The van der Waals surface area contributed by atoms with Crippen LogP contribution in [-0.4, -0.2) is 52.8 Å². The van der Waals surface area contributed by atoms with Gasteiger partial charge in [-0.3, -0.25) is 0 Å². The van der Waals surface area contributed by atoms with Crippen LogP contribution in [0.2, 0.25) is 0 Å². The maximum atomic E-state index is 10.8. The molecule has 0 amide bonds. The molecule has 7 nitrogen and oxygen atoms in total. The Balaban J connectivity index is 1.40. The Bertz CT molecular complexity index is 1420. The first-order chi connectivity index (χ1) is 17.5. The van der Waals surface area contributed by atoms with Gasteiger partial charge in [0.05, 0.1) is 12.6 Å². The zero-order valence-corrected chi connectivity index (χ0v) is 20.4. The van der Waals surface area contributed by atoms with Gasteiger partial charge in [-0.15, -0.1) is 0 Å². The molecule has 2 heterocycles. The number of benzene rings is 3. The van der Waals surface area contributed by atoms with Gasteiger partial charge in [0.2, 0.25) is 0 Å². The Morgan fingerprint density at radius 3 is 2.56 bits per heavy atom. The third kappa shape index (κ3) is 5.41. The number of methoxy groups -OCH3 is 1. The topological polar surface area (TPSA) is 79.7 Å². The summed E-state index contributed by atoms with van der Waals surface area (Å²) < 4.78 is 11.5. The van der Waals surface area contributed by atoms with E-state index >= 15 is 0 Å². The van der Waals surface area contributed by atoms with Crippen molar-refractivity contribution in [2.45, 2.75) is 18.4 Å². The monoisotopic (exact) mass is 480 g/mol. The van der Waals surface area contributed by atoms with Gasteiger partial charge in [0.15, 0.2) is 11.5 Å². The van der Waals surface area contributed by atoms with Gasteiger partial charge in [0, 0.05) is 48.6 Å². The van der Waals surface area contributed by atoms with Crippen LogP contribution in [0.25, 0.3) is 10.9 Å². The van der Waals surface area contributed by atoms with Crippen LogP contribution in [0, 0.1) is 11.8 Å². The molecule has 4 aromatic rings. The standard InChI is InChI=1S/C29H28N4O3/c1-33-16-14-29(34,15-17-33)13-12-21-8-10-25-24(18-21)28(31-20-30-25)32-22-9-11-26(27(19-22)35-2)36-23-6-4-3-5-7-23/h3-11,18-20,34H,14-17H2,1-2H3,(H,30,31,32). The van der Waals surface area contributed by atoms with E-state index in [0.717, 1.165) is 41.0 Å². The van der Waals surface area contributed by atoms with Gasteiger partial charge in [0.1, 0.15) is 23.5 Å². The molecule has 3 aromatic carbocycles. The van der Waals surface area contributed by atoms with E-state index in [-0.39, 0.29) is 0 Å². The van der Waals surface area contributed by atoms with Crippen molar-refractivity contribution < 1.29 is 14.6 Å². The largest absolute Gasteiger partial charge is 0.493 e. The number of nitrogens with zero attached hydrogens (tertiary/aromatic N) is 3. The number of rotatable bonds is 5. The summed E-state index contributed by atoms with van der Waals surface area (Å²) in [6, 6.07) is 21.0. The number of fused-ring (bicyclic) bond motifs is 1. The molecule has 5 rings (SSSR count). The van der Waals surface area contributed by atoms with E-state index in [1.807, 2.05) is 66.7 Å². The molecule has 1 aliphatic heterocycles. The summed E-state index contributed by atoms with van der Waals surface area (Å²) in [6.45, 7) is 1.67. The molecule has 0 bridgehead atoms. The average molecular weight is 481 g/mol. The third-order valence-electron chi connectivity index (χ3n) is 6.29. The van der Waals surface area contributed by atoms with Crippen LogP contribution in [0.15, 0.2) is 73.1 Å². The van der Waals surface area contributed by atoms with E-state index in [2.05, 4.69) is 39.1 Å². The second-order valence-electron chi connectivity index (χ2n) is 8.94. The quantitative estimate of drug-likeness (QED) is 0.390. The number of hydrogen-bond acceptors (Lipinski definition) is 7. The molecule has 0 radical (unpaired) electrons. The molecule has 1 saturated heterocycles. The first-order valence-electron chi connectivity index (χ1n) is 11.9. The summed E-state index contributed by atoms with van der Waals surface area (Å²) in [6.07, 6.45) is 2.82. The average Bonchev–Trinajstić information content (AvgIpc) is 2.91. The van der Waals surface area contributed by atoms with Crippen molar-refractivity contribution in [2.75, 3.05) is 32.6 Å². The van der Waals surface area contributed by atoms with Crippen LogP contribution in [0.5, 0.6) is 17.2 Å². The number of piperidine rings is 1. The summed E-state index contributed by atoms with van der Waals surface area (Å²) >= 11 is 0. The second kappa shape index (κ2) is 10.2. The molecule has 1 fully saturated rings. The van der Waals surface area contributed by atoms with Gasteiger partial charge in [0.25, 0.3) is 0 Å². The molecule has 1 aliphatic rings. The van der Waals surface area contributed by atoms with E-state index in [0.29, 0.717) is 30.2 Å². The number of aliphatic hydroxyl groups is 1. The van der Waals surface area contributed by atoms with Crippen LogP contribution in [0.4, 0.5) is 11.5 Å². The highest BCUT2D eigenvalue weighted by Crippen LogP contribution is 2.35. The molecule has 0 unspecified atom stereocenters. The molecule has 7 heteroatoms. The van der Waals surface area contributed by atoms with Gasteiger partial charge < -0.3 is 24.8 Å². The Hall–Kier alpha value is -4.12. The number of anilines is 2. The van der Waals surface area contributed by atoms with Crippen molar-refractivity contribution in [2.24, 2.45) is 0 Å². The van der Waals surface area contributed by atoms with E-state index in [4.69, 9.17) is 9.47 Å². The summed E-state index contributed by atoms with van der Waals surface area (Å²) in [4.78, 5) is 11.1. The van der Waals surface area contributed by atoms with Gasteiger partial charge in [-0.25, -0.2) is 9.97 Å². The highest BCUT2D eigenvalue weighted by atomic mass is 16.5. The summed E-state index contributed by atoms with van der Waals surface area (Å²) in [5.41, 5.74) is 1.45. The normalized spacial score (nSPS) is 15.1. The molecule has 0 atom stereocenters. The fourth-order valence-corrected chi connectivity index (χ4v) is 4.12. The van der Waals surface area contributed by atoms with Crippen molar-refractivity contribution in [3.63, 3.8) is 0 Å². The number of hydrogen-bond donors (Lipinski definition) is 2. The van der Waals surface area contributed by atoms with E-state index in [1.54, 1.807) is 7.11 Å². The molecule has 182 valence electrons. The Morgan fingerprint density at radius 1 is 0.972 bits per heavy atom. The number of nitrogens with one attached hydrogen (secondary N) is 1. The minimum Gasteiger partial charge on any atom is -0.493 e. The van der Waals surface area contributed by atoms with Crippen LogP contribution < -0.4 is 14.8 Å². The maximum absolute atomic E-state index is 10.8. The van der Waals surface area contributed by atoms with Gasteiger partial charge in [-0.05, 0) is 49.5 Å². The van der Waals surface area contributed by atoms with E-state index in [1.165, 1.54) is 6.33 Å². The van der Waals surface area contributed by atoms with Gasteiger partial charge in [-0.1, -0.05) is 30.0 Å².